The van der Waals surface area contributed by atoms with Gasteiger partial charge in [-0.15, -0.1) is 0 Å². The van der Waals surface area contributed by atoms with Crippen molar-refractivity contribution in [2.24, 2.45) is 0 Å². The highest BCUT2D eigenvalue weighted by Crippen LogP contribution is 2.28. The summed E-state index contributed by atoms with van der Waals surface area (Å²) in [5.74, 6) is 0.325. The standard InChI is InChI=1S/C14H12Cl2FNO/c1-19-9-5-6-12(16)14(7-9)18-8-10-11(15)3-2-4-13(10)17/h2-7,18H,8H2,1H3. The lowest BCUT2D eigenvalue weighted by atomic mass is 10.2. The first-order valence-electron chi connectivity index (χ1n) is 5.62. The molecule has 2 aromatic rings. The molecule has 2 rings (SSSR count). The second kappa shape index (κ2) is 6.13. The van der Waals surface area contributed by atoms with Crippen LogP contribution < -0.4 is 10.1 Å². The Hall–Kier alpha value is -1.45. The predicted molar refractivity (Wildman–Crippen MR) is 76.7 cm³/mol. The van der Waals surface area contributed by atoms with Crippen LogP contribution in [0.15, 0.2) is 36.4 Å². The van der Waals surface area contributed by atoms with Gasteiger partial charge >= 0.3 is 0 Å². The van der Waals surface area contributed by atoms with Crippen molar-refractivity contribution in [3.05, 3.63) is 57.8 Å². The Morgan fingerprint density at radius 1 is 1.16 bits per heavy atom. The number of ether oxygens (including phenoxy) is 1. The van der Waals surface area contributed by atoms with Gasteiger partial charge in [-0.2, -0.15) is 0 Å². The van der Waals surface area contributed by atoms with E-state index in [1.807, 2.05) is 0 Å². The second-order valence-corrected chi connectivity index (χ2v) is 4.71. The van der Waals surface area contributed by atoms with E-state index in [0.717, 1.165) is 0 Å². The second-order valence-electron chi connectivity index (χ2n) is 3.90. The molecule has 0 radical (unpaired) electrons. The van der Waals surface area contributed by atoms with E-state index >= 15 is 0 Å². The van der Waals surface area contributed by atoms with E-state index in [9.17, 15) is 4.39 Å². The highest BCUT2D eigenvalue weighted by atomic mass is 35.5. The molecule has 0 aliphatic heterocycles. The van der Waals surface area contributed by atoms with Crippen LogP contribution in [0.1, 0.15) is 5.56 Å². The average molecular weight is 300 g/mol. The fourth-order valence-corrected chi connectivity index (χ4v) is 2.07. The van der Waals surface area contributed by atoms with Gasteiger partial charge in [-0.05, 0) is 24.3 Å². The lowest BCUT2D eigenvalue weighted by Gasteiger charge is -2.11. The summed E-state index contributed by atoms with van der Waals surface area (Å²) < 4.78 is 18.7. The van der Waals surface area contributed by atoms with Gasteiger partial charge in [0.1, 0.15) is 11.6 Å². The van der Waals surface area contributed by atoms with Crippen LogP contribution in [0.5, 0.6) is 5.75 Å². The number of anilines is 1. The summed E-state index contributed by atoms with van der Waals surface area (Å²) in [6.07, 6.45) is 0. The number of hydrogen-bond acceptors (Lipinski definition) is 2. The molecule has 0 atom stereocenters. The Labute approximate surface area is 121 Å². The van der Waals surface area contributed by atoms with E-state index in [2.05, 4.69) is 5.32 Å². The maximum atomic E-state index is 13.6. The zero-order chi connectivity index (χ0) is 13.8. The van der Waals surface area contributed by atoms with Crippen LogP contribution in [0.25, 0.3) is 0 Å². The van der Waals surface area contributed by atoms with E-state index in [0.29, 0.717) is 27.0 Å². The van der Waals surface area contributed by atoms with E-state index in [4.69, 9.17) is 27.9 Å². The molecule has 0 saturated carbocycles. The van der Waals surface area contributed by atoms with E-state index < -0.39 is 0 Å². The maximum absolute atomic E-state index is 13.6. The molecule has 2 nitrogen and oxygen atoms in total. The van der Waals surface area contributed by atoms with Crippen molar-refractivity contribution in [3.63, 3.8) is 0 Å². The highest BCUT2D eigenvalue weighted by Gasteiger charge is 2.08. The van der Waals surface area contributed by atoms with Gasteiger partial charge in [0, 0.05) is 23.2 Å². The van der Waals surface area contributed by atoms with Crippen LogP contribution in [0, 0.1) is 5.82 Å². The number of nitrogens with one attached hydrogen (secondary N) is 1. The first-order chi connectivity index (χ1) is 9.11. The SMILES string of the molecule is COc1ccc(Cl)c(NCc2c(F)cccc2Cl)c1. The van der Waals surface area contributed by atoms with Crippen LogP contribution in [0.4, 0.5) is 10.1 Å². The largest absolute Gasteiger partial charge is 0.497 e. The molecule has 0 bridgehead atoms. The number of halogens is 3. The summed E-state index contributed by atoms with van der Waals surface area (Å²) in [6, 6.07) is 9.80. The first kappa shape index (κ1) is 14.0. The molecule has 2 aromatic carbocycles. The van der Waals surface area contributed by atoms with Crippen LogP contribution in [-0.4, -0.2) is 7.11 Å². The molecular formula is C14H12Cl2FNO. The zero-order valence-corrected chi connectivity index (χ0v) is 11.7. The number of benzene rings is 2. The van der Waals surface area contributed by atoms with Gasteiger partial charge in [-0.3, -0.25) is 0 Å². The zero-order valence-electron chi connectivity index (χ0n) is 10.2. The first-order valence-corrected chi connectivity index (χ1v) is 6.37. The molecule has 0 saturated heterocycles. The summed E-state index contributed by atoms with van der Waals surface area (Å²) in [7, 11) is 1.57. The van der Waals surface area contributed by atoms with Crippen molar-refractivity contribution < 1.29 is 9.13 Å². The summed E-state index contributed by atoms with van der Waals surface area (Å²) >= 11 is 12.0. The maximum Gasteiger partial charge on any atom is 0.129 e. The Balaban J connectivity index is 2.19. The van der Waals surface area contributed by atoms with Crippen LogP contribution in [0.2, 0.25) is 10.0 Å². The molecule has 0 unspecified atom stereocenters. The highest BCUT2D eigenvalue weighted by molar-refractivity contribution is 6.33. The summed E-state index contributed by atoms with van der Waals surface area (Å²) in [5, 5.41) is 3.97. The Morgan fingerprint density at radius 2 is 1.95 bits per heavy atom. The van der Waals surface area contributed by atoms with Crippen LogP contribution in [-0.2, 0) is 6.54 Å². The minimum Gasteiger partial charge on any atom is -0.497 e. The number of hydrogen-bond donors (Lipinski definition) is 1. The molecule has 19 heavy (non-hydrogen) atoms. The molecule has 0 amide bonds. The van der Waals surface area contributed by atoms with Crippen molar-refractivity contribution in [2.75, 3.05) is 12.4 Å². The predicted octanol–water partition coefficient (Wildman–Crippen LogP) is 4.75. The fourth-order valence-electron chi connectivity index (χ4n) is 1.65. The minimum atomic E-state index is -0.348. The molecule has 100 valence electrons. The molecule has 0 aromatic heterocycles. The van der Waals surface area contributed by atoms with Crippen molar-refractivity contribution in [1.82, 2.24) is 0 Å². The van der Waals surface area contributed by atoms with E-state index in [-0.39, 0.29) is 12.4 Å². The summed E-state index contributed by atoms with van der Waals surface area (Å²) in [5.41, 5.74) is 1.07. The normalized spacial score (nSPS) is 10.3. The third-order valence-electron chi connectivity index (χ3n) is 2.69. The van der Waals surface area contributed by atoms with Gasteiger partial charge in [0.05, 0.1) is 17.8 Å². The molecule has 0 aliphatic rings. The summed E-state index contributed by atoms with van der Waals surface area (Å²) in [6.45, 7) is 0.248. The monoisotopic (exact) mass is 299 g/mol. The molecule has 1 N–H and O–H groups in total. The lowest BCUT2D eigenvalue weighted by molar-refractivity contribution is 0.415. The Bertz CT molecular complexity index is 569. The van der Waals surface area contributed by atoms with Crippen molar-refractivity contribution in [2.45, 2.75) is 6.54 Å². The third-order valence-corrected chi connectivity index (χ3v) is 3.37. The third kappa shape index (κ3) is 3.31. The Morgan fingerprint density at radius 3 is 2.63 bits per heavy atom. The van der Waals surface area contributed by atoms with Crippen LogP contribution in [0.3, 0.4) is 0 Å². The van der Waals surface area contributed by atoms with Crippen LogP contribution >= 0.6 is 23.2 Å². The van der Waals surface area contributed by atoms with Gasteiger partial charge in [-0.1, -0.05) is 29.3 Å². The average Bonchev–Trinajstić information content (AvgIpc) is 2.40. The molecule has 5 heteroatoms. The van der Waals surface area contributed by atoms with Gasteiger partial charge in [-0.25, -0.2) is 4.39 Å². The van der Waals surface area contributed by atoms with E-state index in [1.54, 1.807) is 37.4 Å². The summed E-state index contributed by atoms with van der Waals surface area (Å²) in [4.78, 5) is 0. The molecule has 0 spiro atoms. The van der Waals surface area contributed by atoms with Crippen molar-refractivity contribution >= 4 is 28.9 Å². The molecule has 0 aliphatic carbocycles. The van der Waals surface area contributed by atoms with E-state index in [1.165, 1.54) is 6.07 Å². The van der Waals surface area contributed by atoms with Gasteiger partial charge in [0.15, 0.2) is 0 Å². The van der Waals surface area contributed by atoms with Gasteiger partial charge < -0.3 is 10.1 Å². The number of rotatable bonds is 4. The quantitative estimate of drug-likeness (QED) is 0.879. The molecular weight excluding hydrogens is 288 g/mol. The molecule has 0 fully saturated rings. The van der Waals surface area contributed by atoms with Gasteiger partial charge in [0.2, 0.25) is 0 Å². The topological polar surface area (TPSA) is 21.3 Å². The number of methoxy groups -OCH3 is 1. The Kier molecular flexibility index (Phi) is 4.51. The fraction of sp³-hybridized carbons (Fsp3) is 0.143. The molecule has 0 heterocycles. The van der Waals surface area contributed by atoms with Crippen molar-refractivity contribution in [1.29, 1.82) is 0 Å². The van der Waals surface area contributed by atoms with Crippen molar-refractivity contribution in [3.8, 4) is 5.75 Å². The van der Waals surface area contributed by atoms with Gasteiger partial charge in [0.25, 0.3) is 0 Å². The lowest BCUT2D eigenvalue weighted by Crippen LogP contribution is -2.03. The minimum absolute atomic E-state index is 0.248. The smallest absolute Gasteiger partial charge is 0.129 e.